The van der Waals surface area contributed by atoms with Gasteiger partial charge in [0.2, 0.25) is 0 Å². The van der Waals surface area contributed by atoms with Crippen LogP contribution in [0.2, 0.25) is 5.15 Å². The van der Waals surface area contributed by atoms with Crippen LogP contribution in [0.3, 0.4) is 0 Å². The number of nitrogens with one attached hydrogen (secondary N) is 1. The van der Waals surface area contributed by atoms with Gasteiger partial charge >= 0.3 is 0 Å². The van der Waals surface area contributed by atoms with E-state index in [1.807, 2.05) is 0 Å². The number of hydrogen-bond donors (Lipinski definition) is 1. The molecule has 0 radical (unpaired) electrons. The van der Waals surface area contributed by atoms with E-state index in [-0.39, 0.29) is 0 Å². The molecule has 2 unspecified atom stereocenters. The van der Waals surface area contributed by atoms with Gasteiger partial charge in [0, 0.05) is 18.6 Å². The third-order valence-electron chi connectivity index (χ3n) is 3.17. The molecule has 0 spiro atoms. The Morgan fingerprint density at radius 2 is 2.31 bits per heavy atom. The van der Waals surface area contributed by atoms with Gasteiger partial charge in [-0.2, -0.15) is 0 Å². The number of piperidine rings is 1. The van der Waals surface area contributed by atoms with E-state index in [1.165, 1.54) is 0 Å². The number of aromatic nitrogens is 2. The zero-order chi connectivity index (χ0) is 11.5. The van der Waals surface area contributed by atoms with Crippen LogP contribution in [-0.2, 0) is 0 Å². The summed E-state index contributed by atoms with van der Waals surface area (Å²) in [6.07, 6.45) is 5.53. The minimum Gasteiger partial charge on any atom is -0.366 e. The van der Waals surface area contributed by atoms with Crippen molar-refractivity contribution in [3.05, 3.63) is 17.5 Å². The molecule has 0 amide bonds. The Labute approximate surface area is 101 Å². The molecule has 0 saturated carbocycles. The topological polar surface area (TPSA) is 41.1 Å². The maximum Gasteiger partial charge on any atom is 0.149 e. The molecule has 2 heterocycles. The Kier molecular flexibility index (Phi) is 3.61. The van der Waals surface area contributed by atoms with E-state index < -0.39 is 0 Å². The second-order valence-electron chi connectivity index (χ2n) is 4.42. The SMILES string of the molecule is CC1CC(Nc2cncc(Cl)n2)CCN1C. The third-order valence-corrected chi connectivity index (χ3v) is 3.35. The number of anilines is 1. The smallest absolute Gasteiger partial charge is 0.149 e. The summed E-state index contributed by atoms with van der Waals surface area (Å²) >= 11 is 5.79. The molecule has 1 aromatic heterocycles. The van der Waals surface area contributed by atoms with Crippen molar-refractivity contribution in [1.82, 2.24) is 14.9 Å². The highest BCUT2D eigenvalue weighted by molar-refractivity contribution is 6.29. The highest BCUT2D eigenvalue weighted by Crippen LogP contribution is 2.19. The van der Waals surface area contributed by atoms with Gasteiger partial charge in [-0.3, -0.25) is 4.98 Å². The van der Waals surface area contributed by atoms with Gasteiger partial charge in [0.05, 0.1) is 12.4 Å². The molecule has 1 fully saturated rings. The number of rotatable bonds is 2. The largest absolute Gasteiger partial charge is 0.366 e. The fourth-order valence-corrected chi connectivity index (χ4v) is 2.19. The van der Waals surface area contributed by atoms with E-state index in [2.05, 4.69) is 34.2 Å². The Hall–Kier alpha value is -0.870. The second kappa shape index (κ2) is 4.97. The zero-order valence-corrected chi connectivity index (χ0v) is 10.4. The summed E-state index contributed by atoms with van der Waals surface area (Å²) in [6, 6.07) is 1.08. The van der Waals surface area contributed by atoms with Gasteiger partial charge in [-0.05, 0) is 26.8 Å². The zero-order valence-electron chi connectivity index (χ0n) is 9.65. The van der Waals surface area contributed by atoms with E-state index >= 15 is 0 Å². The minimum atomic E-state index is 0.436. The molecule has 16 heavy (non-hydrogen) atoms. The minimum absolute atomic E-state index is 0.436. The maximum atomic E-state index is 5.79. The standard InChI is InChI=1S/C11H17ClN4/c1-8-5-9(3-4-16(8)2)14-11-7-13-6-10(12)15-11/h6-9H,3-5H2,1-2H3,(H,14,15). The normalized spacial score (nSPS) is 26.7. The van der Waals surface area contributed by atoms with Crippen molar-refractivity contribution < 1.29 is 0 Å². The predicted octanol–water partition coefficient (Wildman–Crippen LogP) is 2.02. The van der Waals surface area contributed by atoms with Gasteiger partial charge in [0.1, 0.15) is 11.0 Å². The Morgan fingerprint density at radius 3 is 3.00 bits per heavy atom. The number of nitrogens with zero attached hydrogens (tertiary/aromatic N) is 3. The molecule has 1 aromatic rings. The van der Waals surface area contributed by atoms with Crippen molar-refractivity contribution in [2.75, 3.05) is 18.9 Å². The summed E-state index contributed by atoms with van der Waals surface area (Å²) in [5, 5.41) is 3.82. The quantitative estimate of drug-likeness (QED) is 0.859. The molecule has 1 saturated heterocycles. The summed E-state index contributed by atoms with van der Waals surface area (Å²) < 4.78 is 0. The summed E-state index contributed by atoms with van der Waals surface area (Å²) in [6.45, 7) is 3.37. The maximum absolute atomic E-state index is 5.79. The van der Waals surface area contributed by atoms with Crippen molar-refractivity contribution in [1.29, 1.82) is 0 Å². The van der Waals surface area contributed by atoms with Crippen molar-refractivity contribution >= 4 is 17.4 Å². The van der Waals surface area contributed by atoms with E-state index in [4.69, 9.17) is 11.6 Å². The lowest BCUT2D eigenvalue weighted by Gasteiger charge is -2.35. The average Bonchev–Trinajstić information content (AvgIpc) is 2.24. The van der Waals surface area contributed by atoms with Crippen LogP contribution in [0, 0.1) is 0 Å². The van der Waals surface area contributed by atoms with Crippen LogP contribution in [-0.4, -0.2) is 40.5 Å². The van der Waals surface area contributed by atoms with E-state index in [0.717, 1.165) is 25.2 Å². The molecule has 2 atom stereocenters. The summed E-state index contributed by atoms with van der Waals surface area (Å²) in [5.74, 6) is 0.772. The van der Waals surface area contributed by atoms with Crippen LogP contribution in [0.4, 0.5) is 5.82 Å². The first-order valence-electron chi connectivity index (χ1n) is 5.59. The molecule has 88 valence electrons. The van der Waals surface area contributed by atoms with E-state index in [1.54, 1.807) is 12.4 Å². The van der Waals surface area contributed by atoms with Gasteiger partial charge in [0.15, 0.2) is 0 Å². The number of hydrogen-bond acceptors (Lipinski definition) is 4. The molecule has 4 nitrogen and oxygen atoms in total. The van der Waals surface area contributed by atoms with Gasteiger partial charge in [0.25, 0.3) is 0 Å². The lowest BCUT2D eigenvalue weighted by molar-refractivity contribution is 0.190. The summed E-state index contributed by atoms with van der Waals surface area (Å²) in [7, 11) is 2.17. The fourth-order valence-electron chi connectivity index (χ4n) is 2.04. The highest BCUT2D eigenvalue weighted by atomic mass is 35.5. The van der Waals surface area contributed by atoms with Gasteiger partial charge in [-0.1, -0.05) is 11.6 Å². The molecule has 5 heteroatoms. The molecule has 0 bridgehead atoms. The average molecular weight is 241 g/mol. The van der Waals surface area contributed by atoms with Crippen LogP contribution in [0.25, 0.3) is 0 Å². The summed E-state index contributed by atoms with van der Waals surface area (Å²) in [5.41, 5.74) is 0. The van der Waals surface area contributed by atoms with Crippen LogP contribution < -0.4 is 5.32 Å². The molecule has 1 aliphatic rings. The Bertz CT molecular complexity index is 358. The van der Waals surface area contributed by atoms with Crippen LogP contribution in [0.1, 0.15) is 19.8 Å². The number of halogens is 1. The molecule has 2 rings (SSSR count). The molecular formula is C11H17ClN4. The van der Waals surface area contributed by atoms with Crippen LogP contribution in [0.5, 0.6) is 0 Å². The fraction of sp³-hybridized carbons (Fsp3) is 0.636. The molecule has 0 aliphatic carbocycles. The molecular weight excluding hydrogens is 224 g/mol. The first-order chi connectivity index (χ1) is 7.65. The first kappa shape index (κ1) is 11.6. The van der Waals surface area contributed by atoms with Gasteiger partial charge in [-0.25, -0.2) is 4.98 Å². The Morgan fingerprint density at radius 1 is 1.50 bits per heavy atom. The van der Waals surface area contributed by atoms with Crippen molar-refractivity contribution in [3.63, 3.8) is 0 Å². The second-order valence-corrected chi connectivity index (χ2v) is 4.81. The lowest BCUT2D eigenvalue weighted by atomic mass is 9.99. The van der Waals surface area contributed by atoms with Crippen molar-refractivity contribution in [3.8, 4) is 0 Å². The highest BCUT2D eigenvalue weighted by Gasteiger charge is 2.22. The predicted molar refractivity (Wildman–Crippen MR) is 65.8 cm³/mol. The molecule has 1 aliphatic heterocycles. The van der Waals surface area contributed by atoms with E-state index in [9.17, 15) is 0 Å². The monoisotopic (exact) mass is 240 g/mol. The Balaban J connectivity index is 1.95. The van der Waals surface area contributed by atoms with Gasteiger partial charge in [-0.15, -0.1) is 0 Å². The number of likely N-dealkylation sites (tertiary alicyclic amines) is 1. The van der Waals surface area contributed by atoms with Crippen LogP contribution in [0.15, 0.2) is 12.4 Å². The summed E-state index contributed by atoms with van der Waals surface area (Å²) in [4.78, 5) is 10.6. The molecule has 0 aromatic carbocycles. The third kappa shape index (κ3) is 2.83. The molecule has 1 N–H and O–H groups in total. The van der Waals surface area contributed by atoms with Gasteiger partial charge < -0.3 is 10.2 Å². The lowest BCUT2D eigenvalue weighted by Crippen LogP contribution is -2.42. The first-order valence-corrected chi connectivity index (χ1v) is 5.97. The van der Waals surface area contributed by atoms with Crippen molar-refractivity contribution in [2.45, 2.75) is 31.8 Å². The van der Waals surface area contributed by atoms with Crippen LogP contribution >= 0.6 is 11.6 Å². The van der Waals surface area contributed by atoms with Crippen molar-refractivity contribution in [2.24, 2.45) is 0 Å². The van der Waals surface area contributed by atoms with E-state index in [0.29, 0.717) is 17.2 Å².